The van der Waals surface area contributed by atoms with Gasteiger partial charge in [0.25, 0.3) is 0 Å². The summed E-state index contributed by atoms with van der Waals surface area (Å²) in [5.74, 6) is 1.08. The molecule has 3 rings (SSSR count). The van der Waals surface area contributed by atoms with Gasteiger partial charge in [0.2, 0.25) is 21.7 Å². The number of sulfonamides is 1. The second-order valence-corrected chi connectivity index (χ2v) is 11.0. The summed E-state index contributed by atoms with van der Waals surface area (Å²) in [5.41, 5.74) is 3.22. The van der Waals surface area contributed by atoms with Crippen molar-refractivity contribution in [2.45, 2.75) is 31.7 Å². The summed E-state index contributed by atoms with van der Waals surface area (Å²) in [6, 6.07) is 18.5. The van der Waals surface area contributed by atoms with Crippen LogP contribution < -0.4 is 14.2 Å². The number of rotatable bonds is 12. The van der Waals surface area contributed by atoms with Crippen LogP contribution in [0.4, 0.5) is 0 Å². The van der Waals surface area contributed by atoms with Crippen LogP contribution in [0.3, 0.4) is 0 Å². The molecule has 3 aromatic rings. The minimum absolute atomic E-state index is 0.170. The van der Waals surface area contributed by atoms with E-state index in [0.717, 1.165) is 16.7 Å². The van der Waals surface area contributed by atoms with Gasteiger partial charge >= 0.3 is 0 Å². The largest absolute Gasteiger partial charge is 0.493 e. The molecule has 8 nitrogen and oxygen atoms in total. The Morgan fingerprint density at radius 2 is 1.47 bits per heavy atom. The minimum atomic E-state index is -3.93. The molecule has 0 heterocycles. The Balaban J connectivity index is 1.87. The van der Waals surface area contributed by atoms with Crippen molar-refractivity contribution >= 4 is 15.9 Å². The highest BCUT2D eigenvalue weighted by atomic mass is 32.2. The van der Waals surface area contributed by atoms with Crippen LogP contribution in [0.1, 0.15) is 22.3 Å². The fourth-order valence-corrected chi connectivity index (χ4v) is 5.87. The monoisotopic (exact) mass is 540 g/mol. The molecule has 0 spiro atoms. The molecule has 0 atom stereocenters. The zero-order valence-corrected chi connectivity index (χ0v) is 23.7. The van der Waals surface area contributed by atoms with Crippen molar-refractivity contribution in [1.29, 1.82) is 0 Å². The first-order valence-electron chi connectivity index (χ1n) is 12.2. The molecule has 0 unspecified atom stereocenters. The van der Waals surface area contributed by atoms with E-state index in [4.69, 9.17) is 14.2 Å². The van der Waals surface area contributed by atoms with Crippen LogP contribution in [0, 0.1) is 13.8 Å². The Hall–Kier alpha value is -3.56. The molecular formula is C29H36N2O6S. The van der Waals surface area contributed by atoms with E-state index < -0.39 is 10.0 Å². The summed E-state index contributed by atoms with van der Waals surface area (Å²) in [5, 5.41) is 0. The van der Waals surface area contributed by atoms with Gasteiger partial charge in [0, 0.05) is 20.1 Å². The Kier molecular flexibility index (Phi) is 9.77. The first kappa shape index (κ1) is 29.0. The van der Waals surface area contributed by atoms with Gasteiger partial charge in [-0.3, -0.25) is 4.79 Å². The molecule has 0 N–H and O–H groups in total. The second kappa shape index (κ2) is 12.8. The minimum Gasteiger partial charge on any atom is -0.493 e. The zero-order valence-electron chi connectivity index (χ0n) is 22.9. The second-order valence-electron chi connectivity index (χ2n) is 9.13. The fraction of sp³-hybridized carbons (Fsp3) is 0.345. The lowest BCUT2D eigenvalue weighted by Gasteiger charge is -2.26. The van der Waals surface area contributed by atoms with Gasteiger partial charge in [-0.25, -0.2) is 8.42 Å². The lowest BCUT2D eigenvalue weighted by molar-refractivity contribution is -0.130. The number of hydrogen-bond donors (Lipinski definition) is 0. The SMILES string of the molecule is COc1cc(CN(C)C(=O)CN(CCc2ccccc2)S(=O)(=O)c2cc(C)ccc2C)cc(OC)c1OC. The van der Waals surface area contributed by atoms with Gasteiger partial charge in [0.15, 0.2) is 11.5 Å². The normalized spacial score (nSPS) is 11.3. The number of nitrogens with zero attached hydrogens (tertiary/aromatic N) is 2. The van der Waals surface area contributed by atoms with E-state index >= 15 is 0 Å². The summed E-state index contributed by atoms with van der Waals surface area (Å²) < 4.78 is 45.1. The number of aryl methyl sites for hydroxylation is 2. The molecule has 0 aliphatic carbocycles. The van der Waals surface area contributed by atoms with Crippen molar-refractivity contribution in [2.24, 2.45) is 0 Å². The third kappa shape index (κ3) is 6.85. The average Bonchev–Trinajstić information content (AvgIpc) is 2.91. The van der Waals surface area contributed by atoms with Gasteiger partial charge in [-0.15, -0.1) is 0 Å². The van der Waals surface area contributed by atoms with Crippen molar-refractivity contribution < 1.29 is 27.4 Å². The number of carbonyl (C=O) groups excluding carboxylic acids is 1. The maximum atomic E-state index is 13.8. The smallest absolute Gasteiger partial charge is 0.243 e. The van der Waals surface area contributed by atoms with E-state index in [9.17, 15) is 13.2 Å². The predicted octanol–water partition coefficient (Wildman–Crippen LogP) is 4.22. The Morgan fingerprint density at radius 1 is 0.842 bits per heavy atom. The number of benzene rings is 3. The van der Waals surface area contributed by atoms with E-state index in [0.29, 0.717) is 29.2 Å². The average molecular weight is 541 g/mol. The third-order valence-corrected chi connectivity index (χ3v) is 8.32. The van der Waals surface area contributed by atoms with Crippen LogP contribution in [0.25, 0.3) is 0 Å². The van der Waals surface area contributed by atoms with E-state index in [1.165, 1.54) is 30.5 Å². The number of amides is 1. The van der Waals surface area contributed by atoms with Gasteiger partial charge in [0.05, 0.1) is 32.8 Å². The number of methoxy groups -OCH3 is 3. The van der Waals surface area contributed by atoms with Crippen LogP contribution in [0.15, 0.2) is 65.6 Å². The van der Waals surface area contributed by atoms with Crippen molar-refractivity contribution in [3.63, 3.8) is 0 Å². The number of hydrogen-bond acceptors (Lipinski definition) is 6. The maximum Gasteiger partial charge on any atom is 0.243 e. The van der Waals surface area contributed by atoms with E-state index in [1.54, 1.807) is 38.2 Å². The maximum absolute atomic E-state index is 13.8. The Morgan fingerprint density at radius 3 is 2.05 bits per heavy atom. The fourth-order valence-electron chi connectivity index (χ4n) is 4.17. The van der Waals surface area contributed by atoms with Crippen molar-refractivity contribution in [3.05, 3.63) is 82.9 Å². The van der Waals surface area contributed by atoms with Gasteiger partial charge in [-0.05, 0) is 60.7 Å². The third-order valence-electron chi connectivity index (χ3n) is 6.34. The molecule has 0 saturated carbocycles. The van der Waals surface area contributed by atoms with Crippen LogP contribution in [-0.2, 0) is 27.8 Å². The Bertz CT molecular complexity index is 1330. The highest BCUT2D eigenvalue weighted by Gasteiger charge is 2.29. The van der Waals surface area contributed by atoms with Crippen LogP contribution in [-0.4, -0.2) is 65.0 Å². The molecular weight excluding hydrogens is 504 g/mol. The first-order chi connectivity index (χ1) is 18.1. The number of carbonyl (C=O) groups is 1. The highest BCUT2D eigenvalue weighted by Crippen LogP contribution is 2.38. The van der Waals surface area contributed by atoms with E-state index in [2.05, 4.69) is 0 Å². The van der Waals surface area contributed by atoms with Gasteiger partial charge < -0.3 is 19.1 Å². The van der Waals surface area contributed by atoms with Gasteiger partial charge in [-0.2, -0.15) is 4.31 Å². The molecule has 0 saturated heterocycles. The highest BCUT2D eigenvalue weighted by molar-refractivity contribution is 7.89. The molecule has 0 radical (unpaired) electrons. The summed E-state index contributed by atoms with van der Waals surface area (Å²) in [6.45, 7) is 3.72. The number of likely N-dealkylation sites (N-methyl/N-ethyl adjacent to an activating group) is 1. The standard InChI is InChI=1S/C29H36N2O6S/c1-21-12-13-22(2)27(16-21)38(33,34)31(15-14-23-10-8-7-9-11-23)20-28(32)30(3)19-24-17-25(35-4)29(37-6)26(18-24)36-5/h7-13,16-18H,14-15,19-20H2,1-6H3. The van der Waals surface area contributed by atoms with Gasteiger partial charge in [0.1, 0.15) is 0 Å². The summed E-state index contributed by atoms with van der Waals surface area (Å²) >= 11 is 0. The molecule has 0 aliphatic rings. The van der Waals surface area contributed by atoms with E-state index in [1.807, 2.05) is 43.3 Å². The Labute approximate surface area is 225 Å². The summed E-state index contributed by atoms with van der Waals surface area (Å²) in [6.07, 6.45) is 0.481. The van der Waals surface area contributed by atoms with Crippen LogP contribution >= 0.6 is 0 Å². The zero-order chi connectivity index (χ0) is 27.9. The molecule has 0 aliphatic heterocycles. The van der Waals surface area contributed by atoms with Crippen molar-refractivity contribution in [3.8, 4) is 17.2 Å². The molecule has 0 fully saturated rings. The first-order valence-corrected chi connectivity index (χ1v) is 13.7. The topological polar surface area (TPSA) is 85.4 Å². The van der Waals surface area contributed by atoms with Crippen molar-refractivity contribution in [2.75, 3.05) is 41.5 Å². The van der Waals surface area contributed by atoms with Gasteiger partial charge in [-0.1, -0.05) is 42.5 Å². The van der Waals surface area contributed by atoms with Crippen LogP contribution in [0.2, 0.25) is 0 Å². The molecule has 38 heavy (non-hydrogen) atoms. The van der Waals surface area contributed by atoms with Crippen molar-refractivity contribution in [1.82, 2.24) is 9.21 Å². The lowest BCUT2D eigenvalue weighted by atomic mass is 10.1. The quantitative estimate of drug-likeness (QED) is 0.342. The lowest BCUT2D eigenvalue weighted by Crippen LogP contribution is -2.42. The van der Waals surface area contributed by atoms with E-state index in [-0.39, 0.29) is 30.4 Å². The molecule has 1 amide bonds. The summed E-state index contributed by atoms with van der Waals surface area (Å²) in [4.78, 5) is 15.1. The molecule has 204 valence electrons. The predicted molar refractivity (Wildman–Crippen MR) is 147 cm³/mol. The molecule has 3 aromatic carbocycles. The molecule has 9 heteroatoms. The van der Waals surface area contributed by atoms with Crippen LogP contribution in [0.5, 0.6) is 17.2 Å². The summed E-state index contributed by atoms with van der Waals surface area (Å²) in [7, 11) is 2.29. The molecule has 0 bridgehead atoms. The number of ether oxygens (including phenoxy) is 3. The molecule has 0 aromatic heterocycles.